The number of aromatic nitrogens is 2. The van der Waals surface area contributed by atoms with E-state index >= 15 is 0 Å². The molecule has 1 amide bonds. The molecule has 2 aromatic heterocycles. The van der Waals surface area contributed by atoms with Crippen LogP contribution in [0, 0.1) is 19.8 Å². The van der Waals surface area contributed by atoms with Crippen molar-refractivity contribution in [2.45, 2.75) is 52.5 Å². The van der Waals surface area contributed by atoms with E-state index < -0.39 is 0 Å². The highest BCUT2D eigenvalue weighted by Crippen LogP contribution is 2.26. The van der Waals surface area contributed by atoms with Crippen LogP contribution in [-0.2, 0) is 11.2 Å². The van der Waals surface area contributed by atoms with Crippen molar-refractivity contribution in [2.24, 2.45) is 11.7 Å². The Balaban J connectivity index is 0.00000243. The number of nitrogens with two attached hydrogens (primary N) is 1. The smallest absolute Gasteiger partial charge is 0.259 e. The zero-order valence-corrected chi connectivity index (χ0v) is 17.1. The largest absolute Gasteiger partial charge is 0.342 e. The summed E-state index contributed by atoms with van der Waals surface area (Å²) in [6, 6.07) is 0.112. The van der Waals surface area contributed by atoms with Crippen LogP contribution in [0.3, 0.4) is 0 Å². The quantitative estimate of drug-likeness (QED) is 0.827. The summed E-state index contributed by atoms with van der Waals surface area (Å²) >= 11 is 1.53. The summed E-state index contributed by atoms with van der Waals surface area (Å²) in [5, 5.41) is 0.674. The molecule has 0 saturated carbocycles. The van der Waals surface area contributed by atoms with Crippen molar-refractivity contribution in [3.8, 4) is 0 Å². The number of aryl methyl sites for hydroxylation is 3. The third-order valence-electron chi connectivity index (χ3n) is 5.22. The van der Waals surface area contributed by atoms with Gasteiger partial charge in [0, 0.05) is 36.9 Å². The minimum atomic E-state index is -0.107. The second kappa shape index (κ2) is 8.50. The molecular weight excluding hydrogens is 372 g/mol. The summed E-state index contributed by atoms with van der Waals surface area (Å²) in [5.74, 6) is 1.09. The van der Waals surface area contributed by atoms with Crippen LogP contribution in [0.2, 0.25) is 0 Å². The molecule has 144 valence electrons. The zero-order chi connectivity index (χ0) is 18.1. The number of carbonyl (C=O) groups excluding carboxylic acids is 1. The Kier molecular flexibility index (Phi) is 6.82. The van der Waals surface area contributed by atoms with Crippen LogP contribution in [0.4, 0.5) is 0 Å². The van der Waals surface area contributed by atoms with Gasteiger partial charge in [0.15, 0.2) is 0 Å². The predicted octanol–water partition coefficient (Wildman–Crippen LogP) is 2.54. The number of rotatable bonds is 4. The fourth-order valence-corrected chi connectivity index (χ4v) is 4.52. The Bertz CT molecular complexity index is 846. The number of aromatic amines is 1. The Hall–Kier alpha value is -1.44. The lowest BCUT2D eigenvalue weighted by molar-refractivity contribution is -0.133. The number of nitrogens with zero attached hydrogens (tertiary/aromatic N) is 2. The molecule has 6 nitrogen and oxygen atoms in total. The Morgan fingerprint density at radius 1 is 1.46 bits per heavy atom. The van der Waals surface area contributed by atoms with Crippen molar-refractivity contribution in [1.82, 2.24) is 14.9 Å². The Morgan fingerprint density at radius 2 is 2.19 bits per heavy atom. The highest BCUT2D eigenvalue weighted by atomic mass is 35.5. The minimum absolute atomic E-state index is 0. The molecule has 3 rings (SSSR count). The number of hydrogen-bond donors (Lipinski definition) is 2. The van der Waals surface area contributed by atoms with Gasteiger partial charge in [0.05, 0.1) is 5.39 Å². The normalized spacial score (nSPS) is 18.6. The van der Waals surface area contributed by atoms with E-state index in [9.17, 15) is 9.59 Å². The van der Waals surface area contributed by atoms with E-state index in [0.717, 1.165) is 41.2 Å². The number of fused-ring (bicyclic) bond motifs is 1. The maximum Gasteiger partial charge on any atom is 0.259 e. The number of amides is 1. The van der Waals surface area contributed by atoms with Gasteiger partial charge in [-0.2, -0.15) is 0 Å². The zero-order valence-electron chi connectivity index (χ0n) is 15.5. The van der Waals surface area contributed by atoms with E-state index in [0.29, 0.717) is 30.0 Å². The molecule has 3 N–H and O–H groups in total. The first-order chi connectivity index (χ1) is 11.9. The summed E-state index contributed by atoms with van der Waals surface area (Å²) in [6.45, 7) is 7.49. The number of hydrogen-bond acceptors (Lipinski definition) is 5. The molecule has 1 aliphatic heterocycles. The van der Waals surface area contributed by atoms with Gasteiger partial charge >= 0.3 is 0 Å². The number of thiophene rings is 1. The van der Waals surface area contributed by atoms with Crippen LogP contribution >= 0.6 is 23.7 Å². The molecule has 1 aliphatic rings. The lowest BCUT2D eigenvalue weighted by atomic mass is 9.92. The molecule has 2 atom stereocenters. The summed E-state index contributed by atoms with van der Waals surface area (Å²) in [5.41, 5.74) is 6.88. The number of carbonyl (C=O) groups is 1. The van der Waals surface area contributed by atoms with Crippen molar-refractivity contribution in [1.29, 1.82) is 0 Å². The second-order valence-corrected chi connectivity index (χ2v) is 8.28. The fraction of sp³-hybridized carbons (Fsp3) is 0.611. The number of likely N-dealkylation sites (tertiary alicyclic amines) is 1. The van der Waals surface area contributed by atoms with Gasteiger partial charge in [-0.1, -0.05) is 0 Å². The Morgan fingerprint density at radius 3 is 2.88 bits per heavy atom. The van der Waals surface area contributed by atoms with Crippen LogP contribution in [0.25, 0.3) is 10.2 Å². The van der Waals surface area contributed by atoms with Crippen LogP contribution < -0.4 is 11.3 Å². The van der Waals surface area contributed by atoms with Crippen molar-refractivity contribution in [3.05, 3.63) is 26.6 Å². The third kappa shape index (κ3) is 4.27. The number of H-pyrrole nitrogens is 1. The van der Waals surface area contributed by atoms with Crippen molar-refractivity contribution in [3.63, 3.8) is 0 Å². The van der Waals surface area contributed by atoms with E-state index in [2.05, 4.69) is 9.97 Å². The lowest BCUT2D eigenvalue weighted by Crippen LogP contribution is -2.45. The van der Waals surface area contributed by atoms with Gasteiger partial charge in [0.25, 0.3) is 5.56 Å². The second-order valence-electron chi connectivity index (χ2n) is 7.08. The SMILES string of the molecule is Cc1sc2nc(CCC(=O)N3CCCC(C(C)N)C3)[nH]c(=O)c2c1C.Cl. The highest BCUT2D eigenvalue weighted by Gasteiger charge is 2.25. The number of piperidine rings is 1. The number of nitrogens with one attached hydrogen (secondary N) is 1. The van der Waals surface area contributed by atoms with Crippen molar-refractivity contribution in [2.75, 3.05) is 13.1 Å². The van der Waals surface area contributed by atoms with Gasteiger partial charge in [0.2, 0.25) is 5.91 Å². The standard InChI is InChI=1S/C18H26N4O2S.ClH/c1-10-12(3)25-18-16(10)17(24)20-14(21-18)6-7-15(23)22-8-4-5-13(9-22)11(2)19;/h11,13H,4-9,19H2,1-3H3,(H,20,21,24);1H. The van der Waals surface area contributed by atoms with Gasteiger partial charge in [-0.3, -0.25) is 9.59 Å². The molecule has 0 spiro atoms. The van der Waals surface area contributed by atoms with Crippen molar-refractivity contribution < 1.29 is 4.79 Å². The number of halogens is 1. The first-order valence-corrected chi connectivity index (χ1v) is 9.70. The van der Waals surface area contributed by atoms with E-state index in [-0.39, 0.29) is 29.9 Å². The van der Waals surface area contributed by atoms with Crippen LogP contribution in [0.15, 0.2) is 4.79 Å². The van der Waals surface area contributed by atoms with Gasteiger partial charge < -0.3 is 15.6 Å². The lowest BCUT2D eigenvalue weighted by Gasteiger charge is -2.34. The van der Waals surface area contributed by atoms with E-state index in [1.54, 1.807) is 0 Å². The topological polar surface area (TPSA) is 92.1 Å². The van der Waals surface area contributed by atoms with Crippen LogP contribution in [-0.4, -0.2) is 39.9 Å². The summed E-state index contributed by atoms with van der Waals surface area (Å²) in [4.78, 5) is 36.0. The maximum absolute atomic E-state index is 12.5. The average Bonchev–Trinajstić information content (AvgIpc) is 2.87. The maximum atomic E-state index is 12.5. The van der Waals surface area contributed by atoms with Gasteiger partial charge in [0.1, 0.15) is 10.7 Å². The molecule has 3 heterocycles. The first-order valence-electron chi connectivity index (χ1n) is 8.89. The predicted molar refractivity (Wildman–Crippen MR) is 108 cm³/mol. The molecule has 0 aromatic carbocycles. The molecule has 1 saturated heterocycles. The Labute approximate surface area is 163 Å². The molecule has 8 heteroatoms. The van der Waals surface area contributed by atoms with Gasteiger partial charge in [-0.15, -0.1) is 23.7 Å². The third-order valence-corrected chi connectivity index (χ3v) is 6.32. The van der Waals surface area contributed by atoms with Crippen LogP contribution in [0.1, 0.15) is 42.5 Å². The molecule has 26 heavy (non-hydrogen) atoms. The van der Waals surface area contributed by atoms with E-state index in [4.69, 9.17) is 5.73 Å². The fourth-order valence-electron chi connectivity index (χ4n) is 3.47. The average molecular weight is 399 g/mol. The molecule has 2 unspecified atom stereocenters. The first kappa shape index (κ1) is 20.9. The highest BCUT2D eigenvalue weighted by molar-refractivity contribution is 7.18. The summed E-state index contributed by atoms with van der Waals surface area (Å²) in [7, 11) is 0. The molecule has 0 aliphatic carbocycles. The molecule has 0 radical (unpaired) electrons. The van der Waals surface area contributed by atoms with Gasteiger partial charge in [-0.05, 0) is 45.1 Å². The van der Waals surface area contributed by atoms with Crippen molar-refractivity contribution >= 4 is 39.9 Å². The monoisotopic (exact) mass is 398 g/mol. The summed E-state index contributed by atoms with van der Waals surface area (Å²) < 4.78 is 0. The van der Waals surface area contributed by atoms with E-state index in [1.807, 2.05) is 25.7 Å². The molecule has 1 fully saturated rings. The minimum Gasteiger partial charge on any atom is -0.342 e. The van der Waals surface area contributed by atoms with Crippen LogP contribution in [0.5, 0.6) is 0 Å². The molecule has 2 aromatic rings. The van der Waals surface area contributed by atoms with E-state index in [1.165, 1.54) is 11.3 Å². The molecular formula is C18H27ClN4O2S. The van der Waals surface area contributed by atoms with Gasteiger partial charge in [-0.25, -0.2) is 4.98 Å². The molecule has 0 bridgehead atoms. The summed E-state index contributed by atoms with van der Waals surface area (Å²) in [6.07, 6.45) is 2.92.